The molecule has 0 aliphatic carbocycles. The number of halogens is 2. The molecule has 2 aromatic carbocycles. The maximum atomic E-state index is 12.7. The van der Waals surface area contributed by atoms with Gasteiger partial charge in [-0.1, -0.05) is 17.7 Å². The molecule has 7 nitrogen and oxygen atoms in total. The molecule has 25 heavy (non-hydrogen) atoms. The van der Waals surface area contributed by atoms with E-state index in [2.05, 4.69) is 25.0 Å². The van der Waals surface area contributed by atoms with Gasteiger partial charge in [0.05, 0.1) is 5.02 Å². The van der Waals surface area contributed by atoms with E-state index in [4.69, 9.17) is 11.6 Å². The number of nitrogens with zero attached hydrogens (tertiary/aromatic N) is 2. The predicted molar refractivity (Wildman–Crippen MR) is 96.7 cm³/mol. The lowest BCUT2D eigenvalue weighted by Crippen LogP contribution is -2.23. The molecule has 1 aliphatic rings. The summed E-state index contributed by atoms with van der Waals surface area (Å²) in [5, 5.41) is 10.9. The van der Waals surface area contributed by atoms with E-state index in [-0.39, 0.29) is 33.4 Å². The third-order valence-electron chi connectivity index (χ3n) is 3.96. The summed E-state index contributed by atoms with van der Waals surface area (Å²) >= 11 is 5.98. The van der Waals surface area contributed by atoms with Crippen molar-refractivity contribution in [3.05, 3.63) is 46.5 Å². The number of sulfonamides is 1. The summed E-state index contributed by atoms with van der Waals surface area (Å²) < 4.78 is 32.6. The van der Waals surface area contributed by atoms with Crippen molar-refractivity contribution in [3.8, 4) is 0 Å². The lowest BCUT2D eigenvalue weighted by molar-refractivity contribution is 0.315. The van der Waals surface area contributed by atoms with Crippen LogP contribution in [0.1, 0.15) is 11.1 Å². The van der Waals surface area contributed by atoms with Gasteiger partial charge in [0.2, 0.25) is 0 Å². The van der Waals surface area contributed by atoms with Crippen LogP contribution in [0.4, 0.5) is 5.69 Å². The summed E-state index contributed by atoms with van der Waals surface area (Å²) in [4.78, 5) is -0.0254. The Morgan fingerprint density at radius 2 is 1.92 bits per heavy atom. The van der Waals surface area contributed by atoms with Crippen LogP contribution in [0, 0.1) is 0 Å². The number of aromatic nitrogens is 2. The van der Waals surface area contributed by atoms with E-state index in [1.165, 1.54) is 17.7 Å². The summed E-state index contributed by atoms with van der Waals surface area (Å²) in [6.45, 7) is 1.68. The van der Waals surface area contributed by atoms with Crippen LogP contribution < -0.4 is 10.0 Å². The molecule has 1 aliphatic heterocycles. The minimum Gasteiger partial charge on any atom is -0.312 e. The highest BCUT2D eigenvalue weighted by Crippen LogP contribution is 2.28. The fourth-order valence-corrected chi connectivity index (χ4v) is 4.15. The largest absolute Gasteiger partial charge is 0.312 e. The number of anilines is 1. The Labute approximate surface area is 155 Å². The van der Waals surface area contributed by atoms with E-state index >= 15 is 0 Å². The van der Waals surface area contributed by atoms with E-state index in [0.29, 0.717) is 5.69 Å². The normalized spacial score (nSPS) is 14.0. The van der Waals surface area contributed by atoms with Crippen molar-refractivity contribution in [2.24, 2.45) is 0 Å². The van der Waals surface area contributed by atoms with Crippen LogP contribution in [0.5, 0.6) is 0 Å². The van der Waals surface area contributed by atoms with Crippen LogP contribution in [0.2, 0.25) is 5.02 Å². The van der Waals surface area contributed by atoms with E-state index in [0.717, 1.165) is 25.1 Å². The number of nitrogens with one attached hydrogen (secondary N) is 2. The van der Waals surface area contributed by atoms with Crippen LogP contribution >= 0.6 is 24.0 Å². The van der Waals surface area contributed by atoms with Gasteiger partial charge in [-0.2, -0.15) is 0 Å². The maximum Gasteiger partial charge on any atom is 0.264 e. The molecule has 2 N–H and O–H groups in total. The third kappa shape index (κ3) is 3.30. The average molecular weight is 401 g/mol. The second kappa shape index (κ2) is 6.80. The number of hydrogen-bond donors (Lipinski definition) is 2. The molecule has 0 amide bonds. The highest BCUT2D eigenvalue weighted by atomic mass is 35.5. The summed E-state index contributed by atoms with van der Waals surface area (Å²) in [7, 11) is -3.84. The van der Waals surface area contributed by atoms with Gasteiger partial charge in [0.25, 0.3) is 10.0 Å². The molecular weight excluding hydrogens is 387 g/mol. The molecule has 0 bridgehead atoms. The van der Waals surface area contributed by atoms with Crippen molar-refractivity contribution in [1.29, 1.82) is 0 Å². The number of rotatable bonds is 3. The average Bonchev–Trinajstić information content (AvgIpc) is 3.05. The first-order chi connectivity index (χ1) is 11.5. The Kier molecular flexibility index (Phi) is 4.88. The standard InChI is InChI=1S/C15H13ClN4O3S.ClH/c16-12-3-4-13(15-14(12)18-23-19-15)24(21,22)20-11-2-1-10-8-17-6-5-9(10)7-11;/h1-4,7,17,20H,5-6,8H2;1H. The second-order valence-corrected chi connectivity index (χ2v) is 7.58. The van der Waals surface area contributed by atoms with Gasteiger partial charge < -0.3 is 5.32 Å². The smallest absolute Gasteiger partial charge is 0.264 e. The first kappa shape index (κ1) is 17.9. The van der Waals surface area contributed by atoms with Gasteiger partial charge in [0.15, 0.2) is 11.0 Å². The Balaban J connectivity index is 0.00000182. The topological polar surface area (TPSA) is 97.1 Å². The van der Waals surface area contributed by atoms with Crippen molar-refractivity contribution in [3.63, 3.8) is 0 Å². The quantitative estimate of drug-likeness (QED) is 0.701. The predicted octanol–water partition coefficient (Wildman–Crippen LogP) is 2.74. The first-order valence-corrected chi connectivity index (χ1v) is 9.17. The Morgan fingerprint density at radius 1 is 1.12 bits per heavy atom. The molecule has 2 heterocycles. The molecule has 4 rings (SSSR count). The van der Waals surface area contributed by atoms with Gasteiger partial charge in [-0.15, -0.1) is 12.4 Å². The monoisotopic (exact) mass is 400 g/mol. The zero-order valence-electron chi connectivity index (χ0n) is 12.8. The molecule has 0 atom stereocenters. The minimum atomic E-state index is -3.84. The maximum absolute atomic E-state index is 12.7. The fourth-order valence-electron chi connectivity index (χ4n) is 2.78. The van der Waals surface area contributed by atoms with Gasteiger partial charge in [-0.3, -0.25) is 4.72 Å². The van der Waals surface area contributed by atoms with Gasteiger partial charge in [-0.05, 0) is 58.7 Å². The first-order valence-electron chi connectivity index (χ1n) is 7.31. The third-order valence-corrected chi connectivity index (χ3v) is 5.68. The highest BCUT2D eigenvalue weighted by molar-refractivity contribution is 7.93. The van der Waals surface area contributed by atoms with E-state index in [1.54, 1.807) is 6.07 Å². The van der Waals surface area contributed by atoms with Gasteiger partial charge in [0, 0.05) is 12.2 Å². The molecule has 0 saturated carbocycles. The van der Waals surface area contributed by atoms with Crippen LogP contribution in [0.25, 0.3) is 11.0 Å². The second-order valence-electron chi connectivity index (χ2n) is 5.52. The lowest BCUT2D eigenvalue weighted by Gasteiger charge is -2.18. The van der Waals surface area contributed by atoms with Crippen molar-refractivity contribution in [2.45, 2.75) is 17.9 Å². The highest BCUT2D eigenvalue weighted by Gasteiger charge is 2.22. The van der Waals surface area contributed by atoms with Gasteiger partial charge >= 0.3 is 0 Å². The van der Waals surface area contributed by atoms with Crippen molar-refractivity contribution in [2.75, 3.05) is 11.3 Å². The SMILES string of the molecule is Cl.O=S(=O)(Nc1ccc2c(c1)CCNC2)c1ccc(Cl)c2nonc12. The number of benzene rings is 2. The Hall–Kier alpha value is -1.87. The van der Waals surface area contributed by atoms with Gasteiger partial charge in [0.1, 0.15) is 4.90 Å². The number of fused-ring (bicyclic) bond motifs is 2. The molecule has 0 spiro atoms. The summed E-state index contributed by atoms with van der Waals surface area (Å²) in [5.41, 5.74) is 3.15. The zero-order chi connectivity index (χ0) is 16.7. The minimum absolute atomic E-state index is 0. The molecule has 0 unspecified atom stereocenters. The van der Waals surface area contributed by atoms with Crippen molar-refractivity contribution >= 4 is 50.8 Å². The van der Waals surface area contributed by atoms with Crippen molar-refractivity contribution < 1.29 is 13.0 Å². The molecule has 0 fully saturated rings. The lowest BCUT2D eigenvalue weighted by atomic mass is 10.0. The molecule has 0 saturated heterocycles. The Bertz CT molecular complexity index is 1040. The molecule has 0 radical (unpaired) electrons. The summed E-state index contributed by atoms with van der Waals surface area (Å²) in [6.07, 6.45) is 0.864. The van der Waals surface area contributed by atoms with E-state index in [9.17, 15) is 8.42 Å². The molecule has 132 valence electrons. The number of hydrogen-bond acceptors (Lipinski definition) is 6. The molecule has 10 heteroatoms. The van der Waals surface area contributed by atoms with Crippen LogP contribution in [-0.2, 0) is 23.0 Å². The zero-order valence-corrected chi connectivity index (χ0v) is 15.2. The van der Waals surface area contributed by atoms with Crippen LogP contribution in [0.15, 0.2) is 39.9 Å². The summed E-state index contributed by atoms with van der Waals surface area (Å²) in [6, 6.07) is 8.38. The summed E-state index contributed by atoms with van der Waals surface area (Å²) in [5.74, 6) is 0. The van der Waals surface area contributed by atoms with Gasteiger partial charge in [-0.25, -0.2) is 13.0 Å². The molecule has 3 aromatic rings. The molecular formula is C15H14Cl2N4O3S. The van der Waals surface area contributed by atoms with Crippen LogP contribution in [0.3, 0.4) is 0 Å². The molecule has 1 aromatic heterocycles. The fraction of sp³-hybridized carbons (Fsp3) is 0.200. The van der Waals surface area contributed by atoms with E-state index < -0.39 is 10.0 Å². The van der Waals surface area contributed by atoms with Crippen molar-refractivity contribution in [1.82, 2.24) is 15.6 Å². The van der Waals surface area contributed by atoms with E-state index in [1.807, 2.05) is 12.1 Å². The Morgan fingerprint density at radius 3 is 2.76 bits per heavy atom. The van der Waals surface area contributed by atoms with Crippen LogP contribution in [-0.4, -0.2) is 25.3 Å².